The van der Waals surface area contributed by atoms with E-state index in [1.54, 1.807) is 44.2 Å². The molecule has 8 nitrogen and oxygen atoms in total. The third kappa shape index (κ3) is 7.14. The Balaban J connectivity index is 1.40. The van der Waals surface area contributed by atoms with E-state index < -0.39 is 17.7 Å². The molecule has 0 bridgehead atoms. The molecule has 0 aliphatic carbocycles. The highest BCUT2D eigenvalue weighted by atomic mass is 16.5. The highest BCUT2D eigenvalue weighted by molar-refractivity contribution is 6.00. The smallest absolute Gasteiger partial charge is 0.254 e. The van der Waals surface area contributed by atoms with Gasteiger partial charge in [0, 0.05) is 31.3 Å². The third-order valence-electron chi connectivity index (χ3n) is 8.00. The van der Waals surface area contributed by atoms with Gasteiger partial charge in [0.05, 0.1) is 37.4 Å². The van der Waals surface area contributed by atoms with E-state index >= 15 is 0 Å². The average molecular weight is 560 g/mol. The van der Waals surface area contributed by atoms with E-state index in [9.17, 15) is 14.7 Å². The topological polar surface area (TPSA) is 100 Å². The number of amides is 2. The number of aliphatic hydroxyl groups is 1. The van der Waals surface area contributed by atoms with Gasteiger partial charge in [-0.1, -0.05) is 42.5 Å². The lowest BCUT2D eigenvalue weighted by Crippen LogP contribution is -2.51. The number of hydrogen-bond acceptors (Lipinski definition) is 6. The average Bonchev–Trinajstić information content (AvgIpc) is 3.49. The van der Waals surface area contributed by atoms with Crippen molar-refractivity contribution in [3.05, 3.63) is 101 Å². The largest absolute Gasteiger partial charge is 0.497 e. The van der Waals surface area contributed by atoms with Gasteiger partial charge in [-0.25, -0.2) is 0 Å². The van der Waals surface area contributed by atoms with Crippen molar-refractivity contribution in [2.24, 2.45) is 0 Å². The zero-order valence-corrected chi connectivity index (χ0v) is 24.5. The summed E-state index contributed by atoms with van der Waals surface area (Å²) in [6.45, 7) is 6.94. The number of rotatable bonds is 11. The number of benzene rings is 3. The normalized spacial score (nSPS) is 18.8. The van der Waals surface area contributed by atoms with Gasteiger partial charge in [0.25, 0.3) is 11.8 Å². The minimum atomic E-state index is -0.856. The molecule has 2 amide bonds. The third-order valence-corrected chi connectivity index (χ3v) is 8.00. The van der Waals surface area contributed by atoms with Crippen LogP contribution in [0.2, 0.25) is 0 Å². The van der Waals surface area contributed by atoms with Crippen molar-refractivity contribution in [1.82, 2.24) is 15.5 Å². The molecule has 8 heteroatoms. The lowest BCUT2D eigenvalue weighted by Gasteiger charge is -2.32. The Morgan fingerprint density at radius 2 is 1.78 bits per heavy atom. The predicted octanol–water partition coefficient (Wildman–Crippen LogP) is 4.22. The van der Waals surface area contributed by atoms with Crippen LogP contribution in [0.4, 0.5) is 0 Å². The van der Waals surface area contributed by atoms with Gasteiger partial charge in [-0.05, 0) is 74.2 Å². The van der Waals surface area contributed by atoms with Crippen molar-refractivity contribution in [2.45, 2.75) is 50.9 Å². The monoisotopic (exact) mass is 559 g/mol. The van der Waals surface area contributed by atoms with Gasteiger partial charge in [0.1, 0.15) is 5.75 Å². The molecule has 4 rings (SSSR count). The molecule has 1 fully saturated rings. The van der Waals surface area contributed by atoms with Crippen LogP contribution >= 0.6 is 0 Å². The summed E-state index contributed by atoms with van der Waals surface area (Å²) in [6.07, 6.45) is -0.101. The Hall–Kier alpha value is -3.72. The molecular formula is C33H41N3O5. The quantitative estimate of drug-likeness (QED) is 0.325. The standard InChI is InChI=1S/C33H41N3O5/c1-22-16-26(18-27(17-22)32(39)36(4)24(3)25-10-7-6-8-11-25)31(38)35-23(2)30(37)20-34-33(14-15-41-21-33)28-12-9-13-29(19-28)40-5/h6-13,16-19,23-24,30,34,37H,14-15,20-21H2,1-5H3,(H,35,38)/t23-,24+,30+,33?/m0/s1. The molecule has 1 saturated heterocycles. The molecule has 1 unspecified atom stereocenters. The number of methoxy groups -OCH3 is 1. The lowest BCUT2D eigenvalue weighted by molar-refractivity contribution is 0.0742. The van der Waals surface area contributed by atoms with E-state index in [0.717, 1.165) is 28.9 Å². The Kier molecular flexibility index (Phi) is 9.81. The second kappa shape index (κ2) is 13.3. The molecule has 1 aliphatic heterocycles. The molecule has 1 heterocycles. The first-order valence-corrected chi connectivity index (χ1v) is 14.0. The van der Waals surface area contributed by atoms with Crippen molar-refractivity contribution in [3.63, 3.8) is 0 Å². The number of nitrogens with zero attached hydrogens (tertiary/aromatic N) is 1. The van der Waals surface area contributed by atoms with Crippen molar-refractivity contribution in [3.8, 4) is 5.75 Å². The molecule has 0 saturated carbocycles. The highest BCUT2D eigenvalue weighted by Crippen LogP contribution is 2.32. The van der Waals surface area contributed by atoms with Gasteiger partial charge < -0.3 is 30.1 Å². The maximum Gasteiger partial charge on any atom is 0.254 e. The molecule has 41 heavy (non-hydrogen) atoms. The van der Waals surface area contributed by atoms with E-state index in [1.807, 2.05) is 68.4 Å². The SMILES string of the molecule is COc1cccc(C2(NC[C@@H](O)[C@H](C)NC(=O)c3cc(C)cc(C(=O)N(C)[C@H](C)c4ccccc4)c3)CCOC2)c1. The summed E-state index contributed by atoms with van der Waals surface area (Å²) >= 11 is 0. The van der Waals surface area contributed by atoms with Crippen LogP contribution in [-0.2, 0) is 10.3 Å². The van der Waals surface area contributed by atoms with Gasteiger partial charge in [-0.2, -0.15) is 0 Å². The van der Waals surface area contributed by atoms with Crippen LogP contribution in [0.15, 0.2) is 72.8 Å². The summed E-state index contributed by atoms with van der Waals surface area (Å²) in [6, 6.07) is 22.1. The summed E-state index contributed by atoms with van der Waals surface area (Å²) in [5, 5.41) is 17.4. The van der Waals surface area contributed by atoms with Crippen molar-refractivity contribution >= 4 is 11.8 Å². The van der Waals surface area contributed by atoms with Gasteiger partial charge in [-0.15, -0.1) is 0 Å². The molecule has 3 N–H and O–H groups in total. The number of ether oxygens (including phenoxy) is 2. The number of hydrogen-bond donors (Lipinski definition) is 3. The Morgan fingerprint density at radius 3 is 2.46 bits per heavy atom. The fourth-order valence-electron chi connectivity index (χ4n) is 5.19. The van der Waals surface area contributed by atoms with Crippen LogP contribution in [-0.4, -0.2) is 67.9 Å². The summed E-state index contributed by atoms with van der Waals surface area (Å²) in [5.74, 6) is 0.242. The zero-order valence-electron chi connectivity index (χ0n) is 24.5. The number of carbonyl (C=O) groups excluding carboxylic acids is 2. The van der Waals surface area contributed by atoms with Gasteiger partial charge in [-0.3, -0.25) is 9.59 Å². The summed E-state index contributed by atoms with van der Waals surface area (Å²) in [7, 11) is 3.40. The molecule has 0 spiro atoms. The van der Waals surface area contributed by atoms with Crippen LogP contribution in [0.25, 0.3) is 0 Å². The van der Waals surface area contributed by atoms with Gasteiger partial charge >= 0.3 is 0 Å². The first-order valence-electron chi connectivity index (χ1n) is 14.0. The van der Waals surface area contributed by atoms with Crippen LogP contribution in [0.3, 0.4) is 0 Å². The second-order valence-electron chi connectivity index (χ2n) is 10.9. The van der Waals surface area contributed by atoms with E-state index in [-0.39, 0.29) is 24.4 Å². The molecule has 1 aliphatic rings. The molecule has 0 aromatic heterocycles. The Labute approximate surface area is 242 Å². The second-order valence-corrected chi connectivity index (χ2v) is 10.9. The van der Waals surface area contributed by atoms with E-state index in [1.165, 1.54) is 0 Å². The van der Waals surface area contributed by atoms with Crippen molar-refractivity contribution in [2.75, 3.05) is 33.9 Å². The van der Waals surface area contributed by atoms with Gasteiger partial charge in [0.2, 0.25) is 0 Å². The van der Waals surface area contributed by atoms with Crippen LogP contribution < -0.4 is 15.4 Å². The minimum absolute atomic E-state index is 0.130. The zero-order chi connectivity index (χ0) is 29.6. The fourth-order valence-corrected chi connectivity index (χ4v) is 5.19. The van der Waals surface area contributed by atoms with Crippen molar-refractivity contribution in [1.29, 1.82) is 0 Å². The summed E-state index contributed by atoms with van der Waals surface area (Å²) in [4.78, 5) is 28.2. The van der Waals surface area contributed by atoms with Crippen molar-refractivity contribution < 1.29 is 24.2 Å². The molecule has 218 valence electrons. The molecule has 4 atom stereocenters. The summed E-state index contributed by atoms with van der Waals surface area (Å²) < 4.78 is 11.1. The van der Waals surface area contributed by atoms with Gasteiger partial charge in [0.15, 0.2) is 0 Å². The Morgan fingerprint density at radius 1 is 1.05 bits per heavy atom. The number of nitrogens with one attached hydrogen (secondary N) is 2. The number of carbonyl (C=O) groups is 2. The molecule has 3 aromatic rings. The highest BCUT2D eigenvalue weighted by Gasteiger charge is 2.37. The molecule has 3 aromatic carbocycles. The van der Waals surface area contributed by atoms with E-state index in [2.05, 4.69) is 10.6 Å². The maximum atomic E-state index is 13.3. The minimum Gasteiger partial charge on any atom is -0.497 e. The molecular weight excluding hydrogens is 518 g/mol. The lowest BCUT2D eigenvalue weighted by atomic mass is 9.88. The predicted molar refractivity (Wildman–Crippen MR) is 159 cm³/mol. The van der Waals surface area contributed by atoms with E-state index in [4.69, 9.17) is 9.47 Å². The fraction of sp³-hybridized carbons (Fsp3) is 0.394. The van der Waals surface area contributed by atoms with Crippen LogP contribution in [0, 0.1) is 6.92 Å². The number of aryl methyl sites for hydroxylation is 1. The molecule has 0 radical (unpaired) electrons. The van der Waals surface area contributed by atoms with Crippen LogP contribution in [0.5, 0.6) is 5.75 Å². The maximum absolute atomic E-state index is 13.3. The number of aliphatic hydroxyl groups excluding tert-OH is 1. The first-order chi connectivity index (χ1) is 19.6. The van der Waals surface area contributed by atoms with Crippen LogP contribution in [0.1, 0.15) is 63.7 Å². The van der Waals surface area contributed by atoms with E-state index in [0.29, 0.717) is 24.3 Å². The Bertz CT molecular complexity index is 1340. The first kappa shape index (κ1) is 30.2. The summed E-state index contributed by atoms with van der Waals surface area (Å²) in [5.41, 5.74) is 3.23.